The van der Waals surface area contributed by atoms with Crippen molar-refractivity contribution >= 4 is 22.5 Å². The predicted octanol–water partition coefficient (Wildman–Crippen LogP) is 5.96. The van der Waals surface area contributed by atoms with Crippen molar-refractivity contribution in [2.24, 2.45) is 5.92 Å². The molecule has 2 aromatic heterocycles. The number of nitrogens with one attached hydrogen (secondary N) is 1. The number of anilines is 1. The van der Waals surface area contributed by atoms with Crippen LogP contribution in [0.3, 0.4) is 0 Å². The number of fused-ring (bicyclic) bond motifs is 1. The number of rotatable bonds is 4. The summed E-state index contributed by atoms with van der Waals surface area (Å²) in [6, 6.07) is 9.73. The van der Waals surface area contributed by atoms with Crippen LogP contribution in [-0.4, -0.2) is 25.8 Å². The third-order valence-electron chi connectivity index (χ3n) is 6.68. The molecule has 0 atom stereocenters. The van der Waals surface area contributed by atoms with Gasteiger partial charge < -0.3 is 10.4 Å². The lowest BCUT2D eigenvalue weighted by atomic mass is 9.87. The topological polar surface area (TPSA) is 80.0 Å². The van der Waals surface area contributed by atoms with E-state index in [1.54, 1.807) is 19.9 Å². The fraction of sp³-hybridized carbons (Fsp3) is 0.519. The van der Waals surface area contributed by atoms with E-state index in [-0.39, 0.29) is 11.3 Å². The Morgan fingerprint density at radius 1 is 1.09 bits per heavy atom. The zero-order valence-corrected chi connectivity index (χ0v) is 20.6. The van der Waals surface area contributed by atoms with Gasteiger partial charge in [0.2, 0.25) is 0 Å². The molecule has 0 aliphatic heterocycles. The molecule has 6 heteroatoms. The van der Waals surface area contributed by atoms with Crippen LogP contribution in [0.2, 0.25) is 0 Å². The lowest BCUT2D eigenvalue weighted by Crippen LogP contribution is -2.22. The van der Waals surface area contributed by atoms with Crippen LogP contribution >= 0.6 is 0 Å². The lowest BCUT2D eigenvalue weighted by molar-refractivity contribution is 0.0793. The third kappa shape index (κ3) is 5.11. The van der Waals surface area contributed by atoms with Gasteiger partial charge in [-0.15, -0.1) is 0 Å². The normalized spacial score (nSPS) is 19.6. The Kier molecular flexibility index (Phi) is 6.08. The molecule has 0 spiro atoms. The largest absolute Gasteiger partial charge is 0.386 e. The molecule has 2 heterocycles. The molecule has 0 saturated heterocycles. The van der Waals surface area contributed by atoms with Crippen LogP contribution in [0.25, 0.3) is 10.9 Å². The number of hydrogen-bond acceptors (Lipinski definition) is 4. The molecule has 1 fully saturated rings. The number of aromatic nitrogens is 3. The number of pyridine rings is 1. The minimum atomic E-state index is -1.14. The maximum absolute atomic E-state index is 13.1. The van der Waals surface area contributed by atoms with E-state index in [2.05, 4.69) is 48.9 Å². The van der Waals surface area contributed by atoms with Crippen molar-refractivity contribution in [3.63, 3.8) is 0 Å². The van der Waals surface area contributed by atoms with Crippen LogP contribution in [0.4, 0.5) is 5.69 Å². The number of carbonyl (C=O) groups is 1. The molecule has 3 aromatic rings. The van der Waals surface area contributed by atoms with Crippen LogP contribution in [0.5, 0.6) is 0 Å². The molecular weight excluding hydrogens is 412 g/mol. The molecule has 0 unspecified atom stereocenters. The maximum atomic E-state index is 13.1. The molecule has 176 valence electrons. The van der Waals surface area contributed by atoms with Crippen molar-refractivity contribution in [2.45, 2.75) is 84.3 Å². The molecule has 1 aromatic carbocycles. The van der Waals surface area contributed by atoms with Gasteiger partial charge in [-0.3, -0.25) is 9.48 Å². The van der Waals surface area contributed by atoms with Crippen molar-refractivity contribution in [3.8, 4) is 0 Å². The highest BCUT2D eigenvalue weighted by molar-refractivity contribution is 6.04. The Balaban J connectivity index is 1.68. The van der Waals surface area contributed by atoms with E-state index >= 15 is 0 Å². The molecule has 0 radical (unpaired) electrons. The quantitative estimate of drug-likeness (QED) is 0.516. The minimum absolute atomic E-state index is 0.154. The van der Waals surface area contributed by atoms with Gasteiger partial charge in [-0.25, -0.2) is 4.98 Å². The van der Waals surface area contributed by atoms with Gasteiger partial charge in [0.1, 0.15) is 5.69 Å². The van der Waals surface area contributed by atoms with Crippen LogP contribution in [0, 0.1) is 5.92 Å². The number of carbonyl (C=O) groups excluding carboxylic acids is 1. The molecule has 1 aliphatic rings. The second kappa shape index (κ2) is 8.56. The first-order valence-electron chi connectivity index (χ1n) is 12.0. The summed E-state index contributed by atoms with van der Waals surface area (Å²) in [4.78, 5) is 17.7. The lowest BCUT2D eigenvalue weighted by Gasteiger charge is -2.26. The molecule has 6 nitrogen and oxygen atoms in total. The highest BCUT2D eigenvalue weighted by Gasteiger charge is 2.26. The SMILES string of the molecule is CC(C)(C)c1cccc(C(=O)Nc2cc3cn([C@H]4CC[C@H](C)CC4)nc3cc2C(C)(C)O)n1. The number of hydrogen-bond donors (Lipinski definition) is 2. The first kappa shape index (κ1) is 23.4. The molecule has 2 N–H and O–H groups in total. The first-order chi connectivity index (χ1) is 15.4. The summed E-state index contributed by atoms with van der Waals surface area (Å²) in [5.74, 6) is 0.486. The molecular formula is C27H36N4O2. The van der Waals surface area contributed by atoms with E-state index in [0.717, 1.165) is 35.4 Å². The average Bonchev–Trinajstić information content (AvgIpc) is 3.15. The number of aliphatic hydroxyl groups is 1. The standard InChI is InChI=1S/C27H36N4O2/c1-17-10-12-19(13-11-17)31-16-18-14-23(20(27(5,6)33)15-22(18)30-31)29-25(32)21-8-7-9-24(28-21)26(2,3)4/h7-9,14-17,19,33H,10-13H2,1-6H3,(H,29,32)/t17-,19-. The molecule has 1 aliphatic carbocycles. The highest BCUT2D eigenvalue weighted by atomic mass is 16.3. The fourth-order valence-electron chi connectivity index (χ4n) is 4.56. The van der Waals surface area contributed by atoms with E-state index in [0.29, 0.717) is 23.0 Å². The van der Waals surface area contributed by atoms with Gasteiger partial charge in [-0.05, 0) is 69.7 Å². The van der Waals surface area contributed by atoms with Crippen LogP contribution in [0.1, 0.15) is 95.0 Å². The summed E-state index contributed by atoms with van der Waals surface area (Å²) >= 11 is 0. The van der Waals surface area contributed by atoms with Crippen molar-refractivity contribution in [1.82, 2.24) is 14.8 Å². The predicted molar refractivity (Wildman–Crippen MR) is 133 cm³/mol. The maximum Gasteiger partial charge on any atom is 0.274 e. The first-order valence-corrected chi connectivity index (χ1v) is 12.0. The van der Waals surface area contributed by atoms with Crippen molar-refractivity contribution in [3.05, 3.63) is 53.5 Å². The number of benzene rings is 1. The Labute approximate surface area is 196 Å². The zero-order valence-electron chi connectivity index (χ0n) is 20.6. The minimum Gasteiger partial charge on any atom is -0.386 e. The van der Waals surface area contributed by atoms with Crippen LogP contribution < -0.4 is 5.32 Å². The fourth-order valence-corrected chi connectivity index (χ4v) is 4.56. The van der Waals surface area contributed by atoms with E-state index in [9.17, 15) is 9.90 Å². The third-order valence-corrected chi connectivity index (χ3v) is 6.68. The van der Waals surface area contributed by atoms with Gasteiger partial charge >= 0.3 is 0 Å². The Hall–Kier alpha value is -2.73. The molecule has 1 amide bonds. The summed E-state index contributed by atoms with van der Waals surface area (Å²) in [5, 5.41) is 19.6. The zero-order chi connectivity index (χ0) is 24.0. The Morgan fingerprint density at radius 3 is 2.42 bits per heavy atom. The second-order valence-corrected chi connectivity index (χ2v) is 11.2. The van der Waals surface area contributed by atoms with Gasteiger partial charge in [0.05, 0.1) is 17.2 Å². The Morgan fingerprint density at radius 2 is 1.79 bits per heavy atom. The smallest absolute Gasteiger partial charge is 0.274 e. The van der Waals surface area contributed by atoms with E-state index < -0.39 is 5.60 Å². The van der Waals surface area contributed by atoms with Gasteiger partial charge in [-0.2, -0.15) is 5.10 Å². The summed E-state index contributed by atoms with van der Waals surface area (Å²) in [7, 11) is 0. The van der Waals surface area contributed by atoms with E-state index in [1.807, 2.05) is 24.3 Å². The summed E-state index contributed by atoms with van der Waals surface area (Å²) in [6.07, 6.45) is 6.77. The van der Waals surface area contributed by atoms with Gasteiger partial charge in [-0.1, -0.05) is 33.8 Å². The second-order valence-electron chi connectivity index (χ2n) is 11.2. The molecule has 33 heavy (non-hydrogen) atoms. The van der Waals surface area contributed by atoms with Crippen LogP contribution in [-0.2, 0) is 11.0 Å². The molecule has 1 saturated carbocycles. The summed E-state index contributed by atoms with van der Waals surface area (Å²) in [6.45, 7) is 12.0. The van der Waals surface area contributed by atoms with Crippen molar-refractivity contribution in [1.29, 1.82) is 0 Å². The number of amides is 1. The summed E-state index contributed by atoms with van der Waals surface area (Å²) in [5.41, 5.74) is 1.97. The van der Waals surface area contributed by atoms with Crippen LogP contribution in [0.15, 0.2) is 36.5 Å². The van der Waals surface area contributed by atoms with Gasteiger partial charge in [0.15, 0.2) is 0 Å². The van der Waals surface area contributed by atoms with Gasteiger partial charge in [0.25, 0.3) is 5.91 Å². The molecule has 4 rings (SSSR count). The van der Waals surface area contributed by atoms with E-state index in [4.69, 9.17) is 5.10 Å². The number of nitrogens with zero attached hydrogens (tertiary/aromatic N) is 3. The van der Waals surface area contributed by atoms with E-state index in [1.165, 1.54) is 12.8 Å². The monoisotopic (exact) mass is 448 g/mol. The van der Waals surface area contributed by atoms with Gasteiger partial charge in [0, 0.05) is 33.9 Å². The average molecular weight is 449 g/mol. The Bertz CT molecular complexity index is 1160. The summed E-state index contributed by atoms with van der Waals surface area (Å²) < 4.78 is 2.07. The van der Waals surface area contributed by atoms with Crippen molar-refractivity contribution in [2.75, 3.05) is 5.32 Å². The highest BCUT2D eigenvalue weighted by Crippen LogP contribution is 2.35. The van der Waals surface area contributed by atoms with Crippen molar-refractivity contribution < 1.29 is 9.90 Å². The molecule has 0 bridgehead atoms.